The number of unbranched alkanes of at least 4 members (excludes halogenated alkanes) is 4. The van der Waals surface area contributed by atoms with Crippen molar-refractivity contribution in [3.8, 4) is 0 Å². The van der Waals surface area contributed by atoms with Crippen molar-refractivity contribution in [2.24, 2.45) is 5.92 Å². The molecule has 90 valence electrons. The van der Waals surface area contributed by atoms with Crippen LogP contribution < -0.4 is 0 Å². The van der Waals surface area contributed by atoms with Gasteiger partial charge in [-0.05, 0) is 19.3 Å². The molecule has 1 unspecified atom stereocenters. The average molecular weight is 212 g/mol. The molecular weight excluding hydrogens is 184 g/mol. The van der Waals surface area contributed by atoms with E-state index in [1.807, 2.05) is 0 Å². The standard InChI is InChI=1S/C14H28O/c1-4-7-8-9-10-12-14(15)13(6-3)11-5-2/h13H,4-12H2,1-3H3. The number of carbonyl (C=O) groups is 1. The van der Waals surface area contributed by atoms with Gasteiger partial charge in [-0.2, -0.15) is 0 Å². The molecule has 0 saturated carbocycles. The summed E-state index contributed by atoms with van der Waals surface area (Å²) in [5.74, 6) is 0.858. The lowest BCUT2D eigenvalue weighted by molar-refractivity contribution is -0.123. The molecule has 0 fully saturated rings. The lowest BCUT2D eigenvalue weighted by atomic mass is 9.92. The second-order valence-corrected chi connectivity index (χ2v) is 4.52. The number of rotatable bonds is 10. The van der Waals surface area contributed by atoms with Gasteiger partial charge < -0.3 is 0 Å². The summed E-state index contributed by atoms with van der Waals surface area (Å²) in [6.45, 7) is 6.52. The van der Waals surface area contributed by atoms with E-state index in [-0.39, 0.29) is 0 Å². The van der Waals surface area contributed by atoms with Crippen LogP contribution in [-0.4, -0.2) is 5.78 Å². The first-order chi connectivity index (χ1) is 7.26. The van der Waals surface area contributed by atoms with E-state index in [1.54, 1.807) is 0 Å². The monoisotopic (exact) mass is 212 g/mol. The second kappa shape index (κ2) is 10.2. The predicted octanol–water partition coefficient (Wildman–Crippen LogP) is 4.74. The molecule has 0 aliphatic carbocycles. The zero-order valence-electron chi connectivity index (χ0n) is 10.8. The summed E-state index contributed by atoms with van der Waals surface area (Å²) in [5.41, 5.74) is 0. The Morgan fingerprint density at radius 3 is 2.13 bits per heavy atom. The van der Waals surface area contributed by atoms with E-state index in [0.29, 0.717) is 11.7 Å². The lowest BCUT2D eigenvalue weighted by Gasteiger charge is -2.11. The summed E-state index contributed by atoms with van der Waals surface area (Å²) in [6, 6.07) is 0. The number of carbonyl (C=O) groups excluding carboxylic acids is 1. The van der Waals surface area contributed by atoms with Gasteiger partial charge in [0.05, 0.1) is 0 Å². The first kappa shape index (κ1) is 14.7. The highest BCUT2D eigenvalue weighted by Gasteiger charge is 2.14. The van der Waals surface area contributed by atoms with Crippen LogP contribution in [0.2, 0.25) is 0 Å². The van der Waals surface area contributed by atoms with Crippen molar-refractivity contribution in [3.05, 3.63) is 0 Å². The van der Waals surface area contributed by atoms with Crippen LogP contribution in [0.4, 0.5) is 0 Å². The minimum atomic E-state index is 0.348. The summed E-state index contributed by atoms with van der Waals surface area (Å²) in [4.78, 5) is 11.8. The van der Waals surface area contributed by atoms with Crippen LogP contribution in [0.3, 0.4) is 0 Å². The largest absolute Gasteiger partial charge is 0.299 e. The van der Waals surface area contributed by atoms with Gasteiger partial charge >= 0.3 is 0 Å². The van der Waals surface area contributed by atoms with E-state index < -0.39 is 0 Å². The molecule has 0 N–H and O–H groups in total. The summed E-state index contributed by atoms with van der Waals surface area (Å²) >= 11 is 0. The quantitative estimate of drug-likeness (QED) is 0.478. The van der Waals surface area contributed by atoms with Crippen molar-refractivity contribution >= 4 is 5.78 Å². The molecule has 0 aliphatic heterocycles. The van der Waals surface area contributed by atoms with Crippen LogP contribution in [0.1, 0.15) is 78.6 Å². The molecular formula is C14H28O. The Hall–Kier alpha value is -0.330. The van der Waals surface area contributed by atoms with E-state index in [1.165, 1.54) is 25.7 Å². The van der Waals surface area contributed by atoms with E-state index in [9.17, 15) is 4.79 Å². The Morgan fingerprint density at radius 1 is 0.933 bits per heavy atom. The van der Waals surface area contributed by atoms with Crippen molar-refractivity contribution in [3.63, 3.8) is 0 Å². The minimum Gasteiger partial charge on any atom is -0.299 e. The molecule has 0 saturated heterocycles. The molecule has 0 spiro atoms. The Labute approximate surface area is 95.6 Å². The molecule has 0 aromatic rings. The molecule has 1 nitrogen and oxygen atoms in total. The molecule has 0 bridgehead atoms. The van der Waals surface area contributed by atoms with E-state index >= 15 is 0 Å². The first-order valence-electron chi connectivity index (χ1n) is 6.78. The maximum atomic E-state index is 11.8. The van der Waals surface area contributed by atoms with E-state index in [0.717, 1.165) is 32.1 Å². The molecule has 0 aliphatic rings. The molecule has 0 amide bonds. The Balaban J connectivity index is 3.53. The van der Waals surface area contributed by atoms with Crippen LogP contribution in [0, 0.1) is 5.92 Å². The highest BCUT2D eigenvalue weighted by molar-refractivity contribution is 5.80. The SMILES string of the molecule is CCCCCCCC(=O)C(CC)CCC. The molecule has 0 aromatic heterocycles. The van der Waals surface area contributed by atoms with Gasteiger partial charge in [0.1, 0.15) is 5.78 Å². The van der Waals surface area contributed by atoms with Crippen molar-refractivity contribution in [1.82, 2.24) is 0 Å². The third-order valence-corrected chi connectivity index (χ3v) is 3.11. The van der Waals surface area contributed by atoms with Gasteiger partial charge in [-0.25, -0.2) is 0 Å². The van der Waals surface area contributed by atoms with Crippen molar-refractivity contribution < 1.29 is 4.79 Å². The van der Waals surface area contributed by atoms with Crippen molar-refractivity contribution in [2.45, 2.75) is 78.6 Å². The lowest BCUT2D eigenvalue weighted by Crippen LogP contribution is -2.13. The second-order valence-electron chi connectivity index (χ2n) is 4.52. The number of Topliss-reactive ketones (excluding diaryl/α,β-unsaturated/α-hetero) is 1. The third-order valence-electron chi connectivity index (χ3n) is 3.11. The summed E-state index contributed by atoms with van der Waals surface area (Å²) in [7, 11) is 0. The van der Waals surface area contributed by atoms with Crippen LogP contribution in [0.15, 0.2) is 0 Å². The highest BCUT2D eigenvalue weighted by atomic mass is 16.1. The molecule has 15 heavy (non-hydrogen) atoms. The van der Waals surface area contributed by atoms with Crippen LogP contribution >= 0.6 is 0 Å². The molecule has 0 radical (unpaired) electrons. The van der Waals surface area contributed by atoms with Gasteiger partial charge in [0.15, 0.2) is 0 Å². The fraction of sp³-hybridized carbons (Fsp3) is 0.929. The van der Waals surface area contributed by atoms with Crippen LogP contribution in [0.5, 0.6) is 0 Å². The molecule has 0 aromatic carbocycles. The topological polar surface area (TPSA) is 17.1 Å². The maximum absolute atomic E-state index is 11.8. The fourth-order valence-electron chi connectivity index (χ4n) is 2.05. The molecule has 0 rings (SSSR count). The van der Waals surface area contributed by atoms with Crippen molar-refractivity contribution in [2.75, 3.05) is 0 Å². The third kappa shape index (κ3) is 7.58. The van der Waals surface area contributed by atoms with Crippen LogP contribution in [-0.2, 0) is 4.79 Å². The van der Waals surface area contributed by atoms with Gasteiger partial charge in [-0.15, -0.1) is 0 Å². The zero-order valence-corrected chi connectivity index (χ0v) is 10.8. The van der Waals surface area contributed by atoms with Crippen molar-refractivity contribution in [1.29, 1.82) is 0 Å². The molecule has 0 heterocycles. The number of hydrogen-bond donors (Lipinski definition) is 0. The zero-order chi connectivity index (χ0) is 11.5. The van der Waals surface area contributed by atoms with Gasteiger partial charge in [0.2, 0.25) is 0 Å². The highest BCUT2D eigenvalue weighted by Crippen LogP contribution is 2.16. The predicted molar refractivity (Wildman–Crippen MR) is 67.1 cm³/mol. The van der Waals surface area contributed by atoms with E-state index in [2.05, 4.69) is 20.8 Å². The Morgan fingerprint density at radius 2 is 1.60 bits per heavy atom. The Bertz CT molecular complexity index is 151. The average Bonchev–Trinajstić information content (AvgIpc) is 2.25. The number of hydrogen-bond acceptors (Lipinski definition) is 1. The van der Waals surface area contributed by atoms with Gasteiger partial charge in [-0.3, -0.25) is 4.79 Å². The smallest absolute Gasteiger partial charge is 0.135 e. The Kier molecular flexibility index (Phi) is 9.97. The normalized spacial score (nSPS) is 12.7. The molecule has 1 heteroatoms. The fourth-order valence-corrected chi connectivity index (χ4v) is 2.05. The summed E-state index contributed by atoms with van der Waals surface area (Å²) < 4.78 is 0. The summed E-state index contributed by atoms with van der Waals surface area (Å²) in [5, 5.41) is 0. The van der Waals surface area contributed by atoms with Gasteiger partial charge in [-0.1, -0.05) is 52.9 Å². The maximum Gasteiger partial charge on any atom is 0.135 e. The minimum absolute atomic E-state index is 0.348. The van der Waals surface area contributed by atoms with Gasteiger partial charge in [0, 0.05) is 12.3 Å². The molecule has 1 atom stereocenters. The van der Waals surface area contributed by atoms with Crippen LogP contribution in [0.25, 0.3) is 0 Å². The van der Waals surface area contributed by atoms with Gasteiger partial charge in [0.25, 0.3) is 0 Å². The van der Waals surface area contributed by atoms with E-state index in [4.69, 9.17) is 0 Å². The number of ketones is 1. The first-order valence-corrected chi connectivity index (χ1v) is 6.78. The summed E-state index contributed by atoms with van der Waals surface area (Å²) in [6.07, 6.45) is 10.3.